The van der Waals surface area contributed by atoms with Gasteiger partial charge in [0.1, 0.15) is 11.6 Å². The van der Waals surface area contributed by atoms with E-state index in [-0.39, 0.29) is 10.7 Å². The lowest BCUT2D eigenvalue weighted by molar-refractivity contribution is -0.112. The van der Waals surface area contributed by atoms with Gasteiger partial charge in [-0.25, -0.2) is 0 Å². The van der Waals surface area contributed by atoms with Crippen molar-refractivity contribution in [3.63, 3.8) is 0 Å². The summed E-state index contributed by atoms with van der Waals surface area (Å²) < 4.78 is 7.11. The first-order valence-corrected chi connectivity index (χ1v) is 9.57. The molecule has 0 aliphatic rings. The minimum atomic E-state index is -0.571. The quantitative estimate of drug-likeness (QED) is 0.369. The first-order chi connectivity index (χ1) is 14.1. The average Bonchev–Trinajstić information content (AvgIpc) is 3.48. The number of benzene rings is 1. The van der Waals surface area contributed by atoms with Crippen LogP contribution < -0.4 is 5.32 Å². The first-order valence-electron chi connectivity index (χ1n) is 8.38. The molecule has 0 radical (unpaired) electrons. The van der Waals surface area contributed by atoms with E-state index in [9.17, 15) is 10.1 Å². The van der Waals surface area contributed by atoms with Gasteiger partial charge in [0.2, 0.25) is 5.13 Å². The van der Waals surface area contributed by atoms with Crippen LogP contribution in [-0.2, 0) is 4.79 Å². The van der Waals surface area contributed by atoms with E-state index < -0.39 is 5.91 Å². The number of carbonyl (C=O) groups is 1. The van der Waals surface area contributed by atoms with Gasteiger partial charge in [-0.3, -0.25) is 10.1 Å². The Balaban J connectivity index is 1.56. The number of hydrogen-bond acceptors (Lipinski definition) is 6. The van der Waals surface area contributed by atoms with Crippen LogP contribution in [0.4, 0.5) is 5.13 Å². The minimum absolute atomic E-state index is 0.0614. The number of amides is 1. The van der Waals surface area contributed by atoms with E-state index in [0.29, 0.717) is 21.5 Å². The second-order valence-electron chi connectivity index (χ2n) is 5.79. The zero-order valence-electron chi connectivity index (χ0n) is 14.7. The van der Waals surface area contributed by atoms with Gasteiger partial charge in [-0.2, -0.15) is 5.26 Å². The van der Waals surface area contributed by atoms with Gasteiger partial charge in [-0.05, 0) is 54.6 Å². The van der Waals surface area contributed by atoms with Crippen molar-refractivity contribution in [2.45, 2.75) is 0 Å². The second-order valence-corrected chi connectivity index (χ2v) is 7.21. The molecule has 0 unspecified atom stereocenters. The summed E-state index contributed by atoms with van der Waals surface area (Å²) in [4.78, 5) is 12.5. The molecule has 9 heteroatoms. The van der Waals surface area contributed by atoms with Gasteiger partial charge < -0.3 is 8.98 Å². The highest BCUT2D eigenvalue weighted by molar-refractivity contribution is 7.18. The van der Waals surface area contributed by atoms with E-state index in [1.165, 1.54) is 12.3 Å². The maximum absolute atomic E-state index is 12.5. The van der Waals surface area contributed by atoms with Crippen molar-refractivity contribution < 1.29 is 9.21 Å². The third kappa shape index (κ3) is 4.11. The molecule has 3 aromatic heterocycles. The Labute approximate surface area is 174 Å². The fourth-order valence-electron chi connectivity index (χ4n) is 2.58. The number of furan rings is 1. The number of aromatic nitrogens is 3. The molecule has 0 saturated heterocycles. The molecule has 1 aromatic carbocycles. The van der Waals surface area contributed by atoms with Crippen LogP contribution in [0.1, 0.15) is 5.69 Å². The van der Waals surface area contributed by atoms with Crippen LogP contribution in [0, 0.1) is 11.3 Å². The summed E-state index contributed by atoms with van der Waals surface area (Å²) in [7, 11) is 0. The van der Waals surface area contributed by atoms with Gasteiger partial charge in [0.05, 0.1) is 6.26 Å². The Kier molecular flexibility index (Phi) is 5.24. The van der Waals surface area contributed by atoms with Crippen LogP contribution in [0.2, 0.25) is 5.02 Å². The Bertz CT molecular complexity index is 1220. The molecule has 0 saturated carbocycles. The van der Waals surface area contributed by atoms with Crippen molar-refractivity contribution >= 4 is 40.1 Å². The van der Waals surface area contributed by atoms with Gasteiger partial charge >= 0.3 is 0 Å². The van der Waals surface area contributed by atoms with Crippen LogP contribution in [0.25, 0.3) is 22.5 Å². The minimum Gasteiger partial charge on any atom is -0.462 e. The smallest absolute Gasteiger partial charge is 0.268 e. The fraction of sp³-hybridized carbons (Fsp3) is 0. The number of halogens is 1. The summed E-state index contributed by atoms with van der Waals surface area (Å²) in [6.07, 6.45) is 4.88. The first kappa shape index (κ1) is 18.7. The molecule has 4 rings (SSSR count). The van der Waals surface area contributed by atoms with Gasteiger partial charge in [0.25, 0.3) is 5.91 Å². The number of anilines is 1. The predicted molar refractivity (Wildman–Crippen MR) is 111 cm³/mol. The highest BCUT2D eigenvalue weighted by atomic mass is 35.5. The number of rotatable bonds is 5. The van der Waals surface area contributed by atoms with Crippen molar-refractivity contribution in [1.29, 1.82) is 5.26 Å². The maximum Gasteiger partial charge on any atom is 0.268 e. The molecule has 29 heavy (non-hydrogen) atoms. The lowest BCUT2D eigenvalue weighted by Crippen LogP contribution is -2.13. The molecule has 142 valence electrons. The van der Waals surface area contributed by atoms with Crippen LogP contribution in [0.15, 0.2) is 71.0 Å². The molecule has 0 aliphatic carbocycles. The fourth-order valence-corrected chi connectivity index (χ4v) is 3.42. The monoisotopic (exact) mass is 421 g/mol. The number of nitriles is 1. The molecule has 7 nitrogen and oxygen atoms in total. The van der Waals surface area contributed by atoms with Gasteiger partial charge in [-0.1, -0.05) is 22.9 Å². The molecule has 1 amide bonds. The van der Waals surface area contributed by atoms with Crippen molar-refractivity contribution in [2.75, 3.05) is 5.32 Å². The van der Waals surface area contributed by atoms with E-state index >= 15 is 0 Å². The third-order valence-corrected chi connectivity index (χ3v) is 5.03. The van der Waals surface area contributed by atoms with Crippen LogP contribution >= 0.6 is 22.9 Å². The number of carbonyl (C=O) groups excluding carboxylic acids is 1. The molecular weight excluding hydrogens is 410 g/mol. The molecule has 0 fully saturated rings. The SMILES string of the molecule is N#C/C(=C/c1cccn1-c1ccc(Cl)cc1)C(=O)Nc1nnc(-c2ccco2)s1. The molecule has 4 aromatic rings. The molecule has 0 aliphatic heterocycles. The van der Waals surface area contributed by atoms with Crippen molar-refractivity contribution in [2.24, 2.45) is 0 Å². The van der Waals surface area contributed by atoms with E-state index in [2.05, 4.69) is 15.5 Å². The van der Waals surface area contributed by atoms with E-state index in [0.717, 1.165) is 17.0 Å². The lowest BCUT2D eigenvalue weighted by Gasteiger charge is -2.07. The standard InChI is InChI=1S/C20H12ClN5O2S/c21-14-5-7-15(8-6-14)26-9-1-3-16(26)11-13(12-22)18(27)23-20-25-24-19(29-20)17-4-2-10-28-17/h1-11H,(H,23,25,27)/b13-11-. The predicted octanol–water partition coefficient (Wildman–Crippen LogP) is 4.79. The number of nitrogens with one attached hydrogen (secondary N) is 1. The van der Waals surface area contributed by atoms with Crippen molar-refractivity contribution in [3.8, 4) is 22.5 Å². The van der Waals surface area contributed by atoms with Gasteiger partial charge in [-0.15, -0.1) is 10.2 Å². The Hall–Kier alpha value is -3.67. The van der Waals surface area contributed by atoms with E-state index in [1.54, 1.807) is 30.3 Å². The largest absolute Gasteiger partial charge is 0.462 e. The second kappa shape index (κ2) is 8.14. The Morgan fingerprint density at radius 1 is 1.21 bits per heavy atom. The average molecular weight is 422 g/mol. The molecular formula is C20H12ClN5O2S. The van der Waals surface area contributed by atoms with Crippen LogP contribution in [0.5, 0.6) is 0 Å². The zero-order valence-corrected chi connectivity index (χ0v) is 16.3. The van der Waals surface area contributed by atoms with Gasteiger partial charge in [0, 0.05) is 22.6 Å². The normalized spacial score (nSPS) is 11.2. The molecule has 0 atom stereocenters. The summed E-state index contributed by atoms with van der Waals surface area (Å²) in [6.45, 7) is 0. The summed E-state index contributed by atoms with van der Waals surface area (Å²) in [5.74, 6) is -0.0154. The Morgan fingerprint density at radius 3 is 2.76 bits per heavy atom. The van der Waals surface area contributed by atoms with Crippen LogP contribution in [-0.4, -0.2) is 20.7 Å². The Morgan fingerprint density at radius 2 is 2.03 bits per heavy atom. The molecule has 0 spiro atoms. The zero-order chi connectivity index (χ0) is 20.2. The number of nitrogens with zero attached hydrogens (tertiary/aromatic N) is 4. The van der Waals surface area contributed by atoms with Gasteiger partial charge in [0.15, 0.2) is 10.8 Å². The van der Waals surface area contributed by atoms with Crippen molar-refractivity contribution in [1.82, 2.24) is 14.8 Å². The summed E-state index contributed by atoms with van der Waals surface area (Å²) in [6, 6.07) is 16.3. The lowest BCUT2D eigenvalue weighted by atomic mass is 10.2. The highest BCUT2D eigenvalue weighted by Gasteiger charge is 2.15. The maximum atomic E-state index is 12.5. The van der Waals surface area contributed by atoms with E-state index in [4.69, 9.17) is 16.0 Å². The molecule has 0 bridgehead atoms. The van der Waals surface area contributed by atoms with Crippen LogP contribution in [0.3, 0.4) is 0 Å². The third-order valence-electron chi connectivity index (χ3n) is 3.92. The topological polar surface area (TPSA) is 96.7 Å². The summed E-state index contributed by atoms with van der Waals surface area (Å²) >= 11 is 7.09. The summed E-state index contributed by atoms with van der Waals surface area (Å²) in [5.41, 5.74) is 1.47. The summed E-state index contributed by atoms with van der Waals surface area (Å²) in [5, 5.41) is 21.4. The molecule has 1 N–H and O–H groups in total. The van der Waals surface area contributed by atoms with Crippen molar-refractivity contribution in [3.05, 3.63) is 77.3 Å². The molecule has 3 heterocycles. The highest BCUT2D eigenvalue weighted by Crippen LogP contribution is 2.27. The van der Waals surface area contributed by atoms with E-state index in [1.807, 2.05) is 35.0 Å². The number of hydrogen-bond donors (Lipinski definition) is 1.